The first-order valence-corrected chi connectivity index (χ1v) is 4.56. The summed E-state index contributed by atoms with van der Waals surface area (Å²) in [5, 5.41) is -1.54. The fraction of sp³-hybridized carbons (Fsp3) is 1.00. The lowest BCUT2D eigenvalue weighted by Gasteiger charge is -2.29. The lowest BCUT2D eigenvalue weighted by Crippen LogP contribution is -2.37. The Morgan fingerprint density at radius 2 is 1.91 bits per heavy atom. The molecule has 1 atom stereocenters. The van der Waals surface area contributed by atoms with Gasteiger partial charge in [0.25, 0.3) is 0 Å². The highest BCUT2D eigenvalue weighted by Gasteiger charge is 2.23. The number of piperidine rings is 1. The maximum Gasteiger partial charge on any atom is 0.193 e. The maximum absolute atomic E-state index is 12.9. The van der Waals surface area contributed by atoms with Gasteiger partial charge in [-0.2, -0.15) is 0 Å². The third kappa shape index (κ3) is 3.92. The van der Waals surface area contributed by atoms with Crippen molar-refractivity contribution in [3.8, 4) is 0 Å². The SMILES string of the molecule is CC(F)(Cl)CN1CCCCC1. The van der Waals surface area contributed by atoms with E-state index < -0.39 is 5.13 Å². The molecule has 0 saturated carbocycles. The Labute approximate surface area is 72.5 Å². The summed E-state index contributed by atoms with van der Waals surface area (Å²) >= 11 is 5.46. The third-order valence-electron chi connectivity index (χ3n) is 1.95. The molecule has 0 amide bonds. The highest BCUT2D eigenvalue weighted by atomic mass is 35.5. The van der Waals surface area contributed by atoms with Crippen LogP contribution < -0.4 is 0 Å². The van der Waals surface area contributed by atoms with Gasteiger partial charge in [-0.3, -0.25) is 4.90 Å². The minimum atomic E-state index is -1.54. The summed E-state index contributed by atoms with van der Waals surface area (Å²) < 4.78 is 12.9. The molecule has 0 N–H and O–H groups in total. The van der Waals surface area contributed by atoms with Gasteiger partial charge in [0.15, 0.2) is 5.13 Å². The van der Waals surface area contributed by atoms with Crippen molar-refractivity contribution in [1.29, 1.82) is 0 Å². The van der Waals surface area contributed by atoms with Gasteiger partial charge < -0.3 is 0 Å². The highest BCUT2D eigenvalue weighted by Crippen LogP contribution is 2.19. The average molecular weight is 180 g/mol. The molecule has 11 heavy (non-hydrogen) atoms. The molecule has 0 aromatic rings. The van der Waals surface area contributed by atoms with Crippen LogP contribution >= 0.6 is 11.6 Å². The van der Waals surface area contributed by atoms with Crippen LogP contribution in [0.4, 0.5) is 4.39 Å². The summed E-state index contributed by atoms with van der Waals surface area (Å²) in [5.74, 6) is 0. The molecular weight excluding hydrogens is 165 g/mol. The smallest absolute Gasteiger partial charge is 0.193 e. The molecule has 0 aromatic heterocycles. The van der Waals surface area contributed by atoms with Crippen molar-refractivity contribution >= 4 is 11.6 Å². The van der Waals surface area contributed by atoms with Crippen LogP contribution in [0.1, 0.15) is 26.2 Å². The molecule has 66 valence electrons. The standard InChI is InChI=1S/C8H15ClFN/c1-8(9,10)7-11-5-3-2-4-6-11/h2-7H2,1H3. The Hall–Kier alpha value is 0.180. The second-order valence-electron chi connectivity index (χ2n) is 3.41. The predicted molar refractivity (Wildman–Crippen MR) is 45.7 cm³/mol. The zero-order valence-electron chi connectivity index (χ0n) is 6.95. The van der Waals surface area contributed by atoms with Gasteiger partial charge >= 0.3 is 0 Å². The van der Waals surface area contributed by atoms with Gasteiger partial charge in [-0.1, -0.05) is 18.0 Å². The number of nitrogens with zero attached hydrogens (tertiary/aromatic N) is 1. The van der Waals surface area contributed by atoms with Crippen LogP contribution in [0, 0.1) is 0 Å². The van der Waals surface area contributed by atoms with Gasteiger partial charge in [0, 0.05) is 6.54 Å². The van der Waals surface area contributed by atoms with Crippen LogP contribution in [-0.2, 0) is 0 Å². The molecule has 1 unspecified atom stereocenters. The van der Waals surface area contributed by atoms with Crippen molar-refractivity contribution in [2.24, 2.45) is 0 Å². The van der Waals surface area contributed by atoms with E-state index in [0.717, 1.165) is 13.1 Å². The fourth-order valence-electron chi connectivity index (χ4n) is 1.51. The van der Waals surface area contributed by atoms with Crippen molar-refractivity contribution in [3.63, 3.8) is 0 Å². The van der Waals surface area contributed by atoms with Crippen LogP contribution in [0.3, 0.4) is 0 Å². The average Bonchev–Trinajstić information content (AvgIpc) is 1.85. The Morgan fingerprint density at radius 3 is 2.36 bits per heavy atom. The Bertz CT molecular complexity index is 116. The maximum atomic E-state index is 12.9. The number of hydrogen-bond acceptors (Lipinski definition) is 1. The number of halogens is 2. The molecule has 0 radical (unpaired) electrons. The summed E-state index contributed by atoms with van der Waals surface area (Å²) in [7, 11) is 0. The van der Waals surface area contributed by atoms with Crippen molar-refractivity contribution in [3.05, 3.63) is 0 Å². The van der Waals surface area contributed by atoms with E-state index in [1.54, 1.807) is 0 Å². The van der Waals surface area contributed by atoms with Gasteiger partial charge in [-0.05, 0) is 32.9 Å². The number of likely N-dealkylation sites (tertiary alicyclic amines) is 1. The topological polar surface area (TPSA) is 3.24 Å². The number of rotatable bonds is 2. The van der Waals surface area contributed by atoms with E-state index in [2.05, 4.69) is 4.90 Å². The first-order chi connectivity index (χ1) is 5.08. The van der Waals surface area contributed by atoms with Gasteiger partial charge in [-0.25, -0.2) is 4.39 Å². The summed E-state index contributed by atoms with van der Waals surface area (Å²) in [4.78, 5) is 2.09. The van der Waals surface area contributed by atoms with E-state index in [-0.39, 0.29) is 0 Å². The van der Waals surface area contributed by atoms with E-state index in [1.807, 2.05) is 0 Å². The molecule has 3 heteroatoms. The van der Waals surface area contributed by atoms with Crippen molar-refractivity contribution < 1.29 is 4.39 Å². The molecular formula is C8H15ClFN. The summed E-state index contributed by atoms with van der Waals surface area (Å²) in [6.07, 6.45) is 3.65. The second-order valence-corrected chi connectivity index (χ2v) is 4.20. The summed E-state index contributed by atoms with van der Waals surface area (Å²) in [5.41, 5.74) is 0. The molecule has 0 bridgehead atoms. The van der Waals surface area contributed by atoms with Crippen LogP contribution in [0.5, 0.6) is 0 Å². The van der Waals surface area contributed by atoms with E-state index in [0.29, 0.717) is 6.54 Å². The van der Waals surface area contributed by atoms with Crippen LogP contribution in [0.2, 0.25) is 0 Å². The van der Waals surface area contributed by atoms with Gasteiger partial charge in [0.1, 0.15) is 0 Å². The largest absolute Gasteiger partial charge is 0.299 e. The van der Waals surface area contributed by atoms with E-state index in [4.69, 9.17) is 11.6 Å². The van der Waals surface area contributed by atoms with Gasteiger partial charge in [0.05, 0.1) is 0 Å². The molecule has 0 aromatic carbocycles. The molecule has 1 heterocycles. The van der Waals surface area contributed by atoms with Crippen LogP contribution in [-0.4, -0.2) is 29.7 Å². The molecule has 1 saturated heterocycles. The Balaban J connectivity index is 2.24. The summed E-state index contributed by atoms with van der Waals surface area (Å²) in [6.45, 7) is 3.80. The van der Waals surface area contributed by atoms with E-state index >= 15 is 0 Å². The van der Waals surface area contributed by atoms with Gasteiger partial charge in [0.2, 0.25) is 0 Å². The van der Waals surface area contributed by atoms with Gasteiger partial charge in [-0.15, -0.1) is 0 Å². The lowest BCUT2D eigenvalue weighted by atomic mass is 10.1. The molecule has 0 spiro atoms. The van der Waals surface area contributed by atoms with E-state index in [1.165, 1.54) is 26.2 Å². The highest BCUT2D eigenvalue weighted by molar-refractivity contribution is 6.22. The van der Waals surface area contributed by atoms with Crippen molar-refractivity contribution in [1.82, 2.24) is 4.90 Å². The fourth-order valence-corrected chi connectivity index (χ4v) is 1.68. The second kappa shape index (κ2) is 3.72. The zero-order chi connectivity index (χ0) is 8.32. The predicted octanol–water partition coefficient (Wildman–Crippen LogP) is 2.40. The molecule has 1 rings (SSSR count). The minimum Gasteiger partial charge on any atom is -0.299 e. The van der Waals surface area contributed by atoms with Crippen molar-refractivity contribution in [2.75, 3.05) is 19.6 Å². The lowest BCUT2D eigenvalue weighted by molar-refractivity contribution is 0.153. The van der Waals surface area contributed by atoms with Crippen LogP contribution in [0.15, 0.2) is 0 Å². The quantitative estimate of drug-likeness (QED) is 0.589. The number of hydrogen-bond donors (Lipinski definition) is 0. The molecule has 0 aliphatic carbocycles. The normalized spacial score (nSPS) is 26.5. The summed E-state index contributed by atoms with van der Waals surface area (Å²) in [6, 6.07) is 0. The molecule has 1 aliphatic heterocycles. The van der Waals surface area contributed by atoms with Crippen LogP contribution in [0.25, 0.3) is 0 Å². The number of alkyl halides is 2. The zero-order valence-corrected chi connectivity index (χ0v) is 7.70. The first-order valence-electron chi connectivity index (χ1n) is 4.18. The van der Waals surface area contributed by atoms with Crippen molar-refractivity contribution in [2.45, 2.75) is 31.3 Å². The molecule has 1 nitrogen and oxygen atoms in total. The van der Waals surface area contributed by atoms with E-state index in [9.17, 15) is 4.39 Å². The first kappa shape index (κ1) is 9.27. The third-order valence-corrected chi connectivity index (χ3v) is 2.07. The molecule has 1 fully saturated rings. The minimum absolute atomic E-state index is 0.370. The monoisotopic (exact) mass is 179 g/mol. The Kier molecular flexibility index (Phi) is 3.14. The Morgan fingerprint density at radius 1 is 1.36 bits per heavy atom. The molecule has 1 aliphatic rings.